The van der Waals surface area contributed by atoms with Crippen molar-refractivity contribution in [1.82, 2.24) is 0 Å². The molecule has 1 aromatic rings. The highest BCUT2D eigenvalue weighted by Gasteiger charge is 2.13. The Morgan fingerprint density at radius 1 is 1.50 bits per heavy atom. The highest BCUT2D eigenvalue weighted by Crippen LogP contribution is 2.15. The van der Waals surface area contributed by atoms with Gasteiger partial charge >= 0.3 is 0 Å². The summed E-state index contributed by atoms with van der Waals surface area (Å²) >= 11 is 3.11. The van der Waals surface area contributed by atoms with Crippen molar-refractivity contribution in [2.75, 3.05) is 5.33 Å². The van der Waals surface area contributed by atoms with Crippen molar-refractivity contribution in [3.8, 4) is 0 Å². The number of hydrogen-bond acceptors (Lipinski definition) is 2. The van der Waals surface area contributed by atoms with Crippen molar-refractivity contribution in [2.45, 2.75) is 13.0 Å². The molecule has 14 heavy (non-hydrogen) atoms. The van der Waals surface area contributed by atoms with Gasteiger partial charge in [0.05, 0.1) is 12.2 Å². The van der Waals surface area contributed by atoms with E-state index in [9.17, 15) is 9.18 Å². The summed E-state index contributed by atoms with van der Waals surface area (Å²) in [6.07, 6.45) is 0.256. The van der Waals surface area contributed by atoms with Crippen LogP contribution in [0, 0.1) is 5.82 Å². The van der Waals surface area contributed by atoms with E-state index in [1.165, 1.54) is 12.1 Å². The Kier molecular flexibility index (Phi) is 4.22. The molecule has 0 aromatic heterocycles. The summed E-state index contributed by atoms with van der Waals surface area (Å²) in [4.78, 5) is 11.4. The summed E-state index contributed by atoms with van der Waals surface area (Å²) in [6.45, 7) is -0.388. The quantitative estimate of drug-likeness (QED) is 0.667. The van der Waals surface area contributed by atoms with Crippen LogP contribution < -0.4 is 0 Å². The van der Waals surface area contributed by atoms with Crippen LogP contribution in [0.5, 0.6) is 0 Å². The van der Waals surface area contributed by atoms with Crippen molar-refractivity contribution in [2.24, 2.45) is 0 Å². The molecule has 0 spiro atoms. The van der Waals surface area contributed by atoms with Crippen LogP contribution in [-0.2, 0) is 6.61 Å². The number of carbonyl (C=O) groups excluding carboxylic acids is 1. The smallest absolute Gasteiger partial charge is 0.166 e. The van der Waals surface area contributed by atoms with Gasteiger partial charge in [0.2, 0.25) is 0 Å². The molecule has 0 fully saturated rings. The number of aliphatic hydroxyl groups is 1. The molecule has 0 bridgehead atoms. The van der Waals surface area contributed by atoms with Crippen LogP contribution in [0.3, 0.4) is 0 Å². The molecule has 0 unspecified atom stereocenters. The molecule has 1 aromatic carbocycles. The maximum atomic E-state index is 13.5. The molecule has 76 valence electrons. The van der Waals surface area contributed by atoms with Crippen LogP contribution in [0.1, 0.15) is 22.3 Å². The Balaban J connectivity index is 3.03. The van der Waals surface area contributed by atoms with E-state index in [2.05, 4.69) is 15.9 Å². The Bertz CT molecular complexity index is 339. The Morgan fingerprint density at radius 2 is 2.21 bits per heavy atom. The number of aliphatic hydroxyl groups excluding tert-OH is 1. The van der Waals surface area contributed by atoms with Gasteiger partial charge in [0.15, 0.2) is 5.78 Å². The standard InChI is InChI=1S/C10H10BrFO2/c11-5-4-9(14)8-3-1-2-7(6-13)10(8)12/h1-3,13H,4-6H2. The van der Waals surface area contributed by atoms with E-state index in [0.717, 1.165) is 0 Å². The normalized spacial score (nSPS) is 10.2. The van der Waals surface area contributed by atoms with Gasteiger partial charge in [-0.3, -0.25) is 4.79 Å². The third-order valence-electron chi connectivity index (χ3n) is 1.87. The van der Waals surface area contributed by atoms with Crippen LogP contribution >= 0.6 is 15.9 Å². The number of alkyl halides is 1. The first-order chi connectivity index (χ1) is 6.70. The van der Waals surface area contributed by atoms with Crippen molar-refractivity contribution >= 4 is 21.7 Å². The molecule has 1 rings (SSSR count). The number of benzene rings is 1. The number of rotatable bonds is 4. The first kappa shape index (κ1) is 11.3. The second-order valence-electron chi connectivity index (χ2n) is 2.80. The maximum Gasteiger partial charge on any atom is 0.166 e. The molecule has 0 aliphatic carbocycles. The SMILES string of the molecule is O=C(CCBr)c1cccc(CO)c1F. The van der Waals surface area contributed by atoms with Gasteiger partial charge in [-0.1, -0.05) is 28.1 Å². The van der Waals surface area contributed by atoms with Crippen molar-refractivity contribution < 1.29 is 14.3 Å². The van der Waals surface area contributed by atoms with E-state index in [4.69, 9.17) is 5.11 Å². The summed E-state index contributed by atoms with van der Waals surface area (Å²) in [5.41, 5.74) is 0.210. The molecule has 4 heteroatoms. The number of ketones is 1. The molecule has 0 heterocycles. The van der Waals surface area contributed by atoms with E-state index in [1.54, 1.807) is 6.07 Å². The van der Waals surface area contributed by atoms with Crippen molar-refractivity contribution in [3.05, 3.63) is 35.1 Å². The predicted molar refractivity (Wildman–Crippen MR) is 55.1 cm³/mol. The first-order valence-corrected chi connectivity index (χ1v) is 5.30. The van der Waals surface area contributed by atoms with Crippen LogP contribution in [-0.4, -0.2) is 16.2 Å². The summed E-state index contributed by atoms with van der Waals surface area (Å²) < 4.78 is 13.5. The van der Waals surface area contributed by atoms with Crippen molar-refractivity contribution in [1.29, 1.82) is 0 Å². The van der Waals surface area contributed by atoms with Gasteiger partial charge in [-0.15, -0.1) is 0 Å². The third kappa shape index (κ3) is 2.39. The molecule has 0 saturated carbocycles. The molecule has 0 radical (unpaired) electrons. The lowest BCUT2D eigenvalue weighted by molar-refractivity contribution is 0.0985. The molecule has 0 aliphatic heterocycles. The van der Waals surface area contributed by atoms with Gasteiger partial charge in [0.1, 0.15) is 5.82 Å². The van der Waals surface area contributed by atoms with Gasteiger partial charge < -0.3 is 5.11 Å². The number of halogens is 2. The summed E-state index contributed by atoms with van der Waals surface area (Å²) in [7, 11) is 0. The molecular formula is C10H10BrFO2. The summed E-state index contributed by atoms with van der Waals surface area (Å²) in [6, 6.07) is 4.45. The minimum atomic E-state index is -0.610. The average molecular weight is 261 g/mol. The van der Waals surface area contributed by atoms with E-state index < -0.39 is 5.82 Å². The Labute approximate surface area is 89.9 Å². The lowest BCUT2D eigenvalue weighted by atomic mass is 10.1. The maximum absolute atomic E-state index is 13.5. The molecule has 0 aliphatic rings. The van der Waals surface area contributed by atoms with Gasteiger partial charge in [-0.25, -0.2) is 4.39 Å². The number of carbonyl (C=O) groups is 1. The van der Waals surface area contributed by atoms with Crippen LogP contribution in [0.2, 0.25) is 0 Å². The lowest BCUT2D eigenvalue weighted by Gasteiger charge is -2.04. The molecule has 0 saturated heterocycles. The predicted octanol–water partition coefficient (Wildman–Crippen LogP) is 2.29. The molecular weight excluding hydrogens is 251 g/mol. The van der Waals surface area contributed by atoms with E-state index in [1.807, 2.05) is 0 Å². The third-order valence-corrected chi connectivity index (χ3v) is 2.27. The first-order valence-electron chi connectivity index (χ1n) is 4.18. The summed E-state index contributed by atoms with van der Waals surface area (Å²) in [5.74, 6) is -0.865. The topological polar surface area (TPSA) is 37.3 Å². The second-order valence-corrected chi connectivity index (χ2v) is 3.59. The van der Waals surface area contributed by atoms with Crippen LogP contribution in [0.25, 0.3) is 0 Å². The minimum Gasteiger partial charge on any atom is -0.392 e. The van der Waals surface area contributed by atoms with Gasteiger partial charge in [0, 0.05) is 17.3 Å². The fourth-order valence-corrected chi connectivity index (χ4v) is 1.50. The van der Waals surface area contributed by atoms with Crippen LogP contribution in [0.15, 0.2) is 18.2 Å². The van der Waals surface area contributed by atoms with E-state index in [0.29, 0.717) is 5.33 Å². The monoisotopic (exact) mass is 260 g/mol. The molecule has 1 N–H and O–H groups in total. The van der Waals surface area contributed by atoms with Crippen LogP contribution in [0.4, 0.5) is 4.39 Å². The highest BCUT2D eigenvalue weighted by molar-refractivity contribution is 9.09. The molecule has 0 atom stereocenters. The fourth-order valence-electron chi connectivity index (χ4n) is 1.14. The zero-order valence-electron chi connectivity index (χ0n) is 7.46. The van der Waals surface area contributed by atoms with Crippen molar-refractivity contribution in [3.63, 3.8) is 0 Å². The molecule has 0 amide bonds. The number of hydrogen-bond donors (Lipinski definition) is 1. The number of Topliss-reactive ketones (excluding diaryl/α,β-unsaturated/α-hetero) is 1. The van der Waals surface area contributed by atoms with E-state index >= 15 is 0 Å². The Morgan fingerprint density at radius 3 is 2.79 bits per heavy atom. The zero-order valence-corrected chi connectivity index (χ0v) is 9.05. The second kappa shape index (κ2) is 5.22. The average Bonchev–Trinajstić information content (AvgIpc) is 2.18. The van der Waals surface area contributed by atoms with Gasteiger partial charge in [0.25, 0.3) is 0 Å². The zero-order chi connectivity index (χ0) is 10.6. The lowest BCUT2D eigenvalue weighted by Crippen LogP contribution is -2.05. The minimum absolute atomic E-state index is 0.0519. The van der Waals surface area contributed by atoms with Gasteiger partial charge in [-0.05, 0) is 6.07 Å². The molecule has 2 nitrogen and oxygen atoms in total. The highest BCUT2D eigenvalue weighted by atomic mass is 79.9. The van der Waals surface area contributed by atoms with E-state index in [-0.39, 0.29) is 29.9 Å². The Hall–Kier alpha value is -0.740. The fraction of sp³-hybridized carbons (Fsp3) is 0.300. The summed E-state index contributed by atoms with van der Waals surface area (Å²) in [5, 5.41) is 9.30. The van der Waals surface area contributed by atoms with Gasteiger partial charge in [-0.2, -0.15) is 0 Å². The largest absolute Gasteiger partial charge is 0.392 e.